The van der Waals surface area contributed by atoms with E-state index >= 15 is 0 Å². The van der Waals surface area contributed by atoms with Crippen LogP contribution < -0.4 is 16.0 Å². The molecule has 0 fully saturated rings. The number of aliphatic imine (C=N–C) groups is 1. The monoisotopic (exact) mass is 489 g/mol. The van der Waals surface area contributed by atoms with Gasteiger partial charge < -0.3 is 20.9 Å². The quantitative estimate of drug-likeness (QED) is 0.280. The summed E-state index contributed by atoms with van der Waals surface area (Å²) in [7, 11) is 5.19. The zero-order valence-electron chi connectivity index (χ0n) is 16.7. The molecular formula is C19H32IN5O2. The van der Waals surface area contributed by atoms with Gasteiger partial charge in [0, 0.05) is 52.8 Å². The molecule has 2 amide bonds. The van der Waals surface area contributed by atoms with E-state index in [9.17, 15) is 9.59 Å². The highest BCUT2D eigenvalue weighted by molar-refractivity contribution is 14.0. The Morgan fingerprint density at radius 2 is 1.78 bits per heavy atom. The predicted molar refractivity (Wildman–Crippen MR) is 121 cm³/mol. The van der Waals surface area contributed by atoms with Gasteiger partial charge in [0.15, 0.2) is 5.96 Å². The van der Waals surface area contributed by atoms with Gasteiger partial charge in [0.25, 0.3) is 5.91 Å². The van der Waals surface area contributed by atoms with Crippen LogP contribution in [0.3, 0.4) is 0 Å². The van der Waals surface area contributed by atoms with Crippen molar-refractivity contribution in [2.45, 2.75) is 26.2 Å². The number of amides is 2. The lowest BCUT2D eigenvalue weighted by molar-refractivity contribution is -0.120. The first-order chi connectivity index (χ1) is 12.5. The summed E-state index contributed by atoms with van der Waals surface area (Å²) in [6, 6.07) is 7.64. The third kappa shape index (κ3) is 10.2. The number of hydrogen-bond donors (Lipinski definition) is 3. The Hall–Kier alpha value is -1.84. The summed E-state index contributed by atoms with van der Waals surface area (Å²) in [5, 5.41) is 9.18. The number of nitrogens with zero attached hydrogens (tertiary/aromatic N) is 2. The maximum Gasteiger partial charge on any atom is 0.253 e. The third-order valence-corrected chi connectivity index (χ3v) is 3.73. The van der Waals surface area contributed by atoms with Gasteiger partial charge >= 0.3 is 0 Å². The van der Waals surface area contributed by atoms with Crippen molar-refractivity contribution in [1.82, 2.24) is 20.9 Å². The largest absolute Gasteiger partial charge is 0.356 e. The average molecular weight is 489 g/mol. The lowest BCUT2D eigenvalue weighted by atomic mass is 10.1. The molecular weight excluding hydrogens is 457 g/mol. The molecule has 1 rings (SSSR count). The molecule has 0 radical (unpaired) electrons. The Labute approximate surface area is 179 Å². The Kier molecular flexibility index (Phi) is 13.3. The van der Waals surface area contributed by atoms with Crippen LogP contribution in [0.5, 0.6) is 0 Å². The van der Waals surface area contributed by atoms with Crippen molar-refractivity contribution in [1.29, 1.82) is 0 Å². The molecule has 0 saturated heterocycles. The van der Waals surface area contributed by atoms with Crippen molar-refractivity contribution < 1.29 is 9.59 Å². The molecule has 0 spiro atoms. The van der Waals surface area contributed by atoms with Crippen molar-refractivity contribution in [3.05, 3.63) is 35.4 Å². The lowest BCUT2D eigenvalue weighted by Crippen LogP contribution is -2.40. The molecule has 0 aliphatic heterocycles. The standard InChI is InChI=1S/C19H31N5O2.HI/c1-5-11-21-17(25)10-13-23-19(20-2)22-12-9-15-7-6-8-16(14-15)18(26)24(3)4;/h6-8,14H,5,9-13H2,1-4H3,(H,21,25)(H2,20,22,23);1H. The molecule has 0 bridgehead atoms. The van der Waals surface area contributed by atoms with E-state index in [4.69, 9.17) is 0 Å². The van der Waals surface area contributed by atoms with Crippen LogP contribution in [-0.4, -0.2) is 63.5 Å². The summed E-state index contributed by atoms with van der Waals surface area (Å²) < 4.78 is 0. The number of guanidine groups is 1. The third-order valence-electron chi connectivity index (χ3n) is 3.73. The van der Waals surface area contributed by atoms with Crippen molar-refractivity contribution >= 4 is 41.8 Å². The van der Waals surface area contributed by atoms with E-state index in [-0.39, 0.29) is 35.8 Å². The topological polar surface area (TPSA) is 85.8 Å². The van der Waals surface area contributed by atoms with Crippen LogP contribution in [0.2, 0.25) is 0 Å². The Morgan fingerprint density at radius 3 is 2.41 bits per heavy atom. The van der Waals surface area contributed by atoms with Crippen molar-refractivity contribution in [2.75, 3.05) is 40.8 Å². The lowest BCUT2D eigenvalue weighted by Gasteiger charge is -2.13. The molecule has 152 valence electrons. The second kappa shape index (κ2) is 14.2. The minimum absolute atomic E-state index is 0. The molecule has 7 nitrogen and oxygen atoms in total. The van der Waals surface area contributed by atoms with Crippen molar-refractivity contribution in [2.24, 2.45) is 4.99 Å². The molecule has 1 aromatic rings. The van der Waals surface area contributed by atoms with Gasteiger partial charge in [-0.05, 0) is 30.5 Å². The number of rotatable bonds is 9. The normalized spacial score (nSPS) is 10.6. The SMILES string of the molecule is CCCNC(=O)CCNC(=NC)NCCc1cccc(C(=O)N(C)C)c1.I. The van der Waals surface area contributed by atoms with Crippen LogP contribution in [0.25, 0.3) is 0 Å². The maximum absolute atomic E-state index is 12.0. The van der Waals surface area contributed by atoms with E-state index in [1.54, 1.807) is 26.0 Å². The number of carbonyl (C=O) groups excluding carboxylic acids is 2. The van der Waals surface area contributed by atoms with Crippen LogP contribution in [0, 0.1) is 0 Å². The molecule has 0 aliphatic carbocycles. The van der Waals surface area contributed by atoms with Gasteiger partial charge in [-0.15, -0.1) is 24.0 Å². The average Bonchev–Trinajstić information content (AvgIpc) is 2.64. The smallest absolute Gasteiger partial charge is 0.253 e. The van der Waals surface area contributed by atoms with Crippen molar-refractivity contribution in [3.63, 3.8) is 0 Å². The summed E-state index contributed by atoms with van der Waals surface area (Å²) in [5.74, 6) is 0.699. The Bertz CT molecular complexity index is 620. The zero-order valence-corrected chi connectivity index (χ0v) is 19.0. The van der Waals surface area contributed by atoms with Crippen LogP contribution in [0.15, 0.2) is 29.3 Å². The maximum atomic E-state index is 12.0. The molecule has 0 aromatic heterocycles. The predicted octanol–water partition coefficient (Wildman–Crippen LogP) is 1.63. The van der Waals surface area contributed by atoms with Crippen LogP contribution in [-0.2, 0) is 11.2 Å². The minimum atomic E-state index is -0.00126. The fourth-order valence-electron chi connectivity index (χ4n) is 2.31. The fraction of sp³-hybridized carbons (Fsp3) is 0.526. The summed E-state index contributed by atoms with van der Waals surface area (Å²) in [5.41, 5.74) is 1.77. The van der Waals surface area contributed by atoms with E-state index in [0.29, 0.717) is 37.6 Å². The van der Waals surface area contributed by atoms with Gasteiger partial charge in [-0.25, -0.2) is 0 Å². The molecule has 27 heavy (non-hydrogen) atoms. The highest BCUT2D eigenvalue weighted by atomic mass is 127. The van der Waals surface area contributed by atoms with E-state index in [0.717, 1.165) is 18.4 Å². The second-order valence-electron chi connectivity index (χ2n) is 6.18. The zero-order chi connectivity index (χ0) is 19.4. The first-order valence-electron chi connectivity index (χ1n) is 8.99. The first-order valence-corrected chi connectivity index (χ1v) is 8.99. The number of carbonyl (C=O) groups is 2. The molecule has 0 aliphatic rings. The molecule has 0 atom stereocenters. The van der Waals surface area contributed by atoms with Crippen LogP contribution in [0.4, 0.5) is 0 Å². The van der Waals surface area contributed by atoms with Gasteiger partial charge in [0.1, 0.15) is 0 Å². The molecule has 3 N–H and O–H groups in total. The van der Waals surface area contributed by atoms with E-state index < -0.39 is 0 Å². The summed E-state index contributed by atoms with van der Waals surface area (Å²) in [6.07, 6.45) is 2.12. The molecule has 8 heteroatoms. The molecule has 1 aromatic carbocycles. The van der Waals surface area contributed by atoms with Crippen LogP contribution >= 0.6 is 24.0 Å². The van der Waals surface area contributed by atoms with Gasteiger partial charge in [-0.1, -0.05) is 19.1 Å². The second-order valence-corrected chi connectivity index (χ2v) is 6.18. The first kappa shape index (κ1) is 25.2. The highest BCUT2D eigenvalue weighted by Crippen LogP contribution is 2.07. The summed E-state index contributed by atoms with van der Waals surface area (Å²) in [4.78, 5) is 29.3. The molecule has 0 unspecified atom stereocenters. The van der Waals surface area contributed by atoms with Crippen LogP contribution in [0.1, 0.15) is 35.7 Å². The molecule has 0 heterocycles. The van der Waals surface area contributed by atoms with Gasteiger partial charge in [-0.2, -0.15) is 0 Å². The van der Waals surface area contributed by atoms with Gasteiger partial charge in [0.2, 0.25) is 5.91 Å². The van der Waals surface area contributed by atoms with E-state index in [1.807, 2.05) is 31.2 Å². The number of hydrogen-bond acceptors (Lipinski definition) is 3. The fourth-order valence-corrected chi connectivity index (χ4v) is 2.31. The van der Waals surface area contributed by atoms with Gasteiger partial charge in [-0.3, -0.25) is 14.6 Å². The number of nitrogens with one attached hydrogen (secondary N) is 3. The Balaban J connectivity index is 0.00000676. The van der Waals surface area contributed by atoms with E-state index in [1.165, 1.54) is 0 Å². The highest BCUT2D eigenvalue weighted by Gasteiger charge is 2.08. The number of halogens is 1. The Morgan fingerprint density at radius 1 is 1.07 bits per heavy atom. The summed E-state index contributed by atoms with van der Waals surface area (Å²) >= 11 is 0. The minimum Gasteiger partial charge on any atom is -0.356 e. The summed E-state index contributed by atoms with van der Waals surface area (Å²) in [6.45, 7) is 3.95. The number of benzene rings is 1. The van der Waals surface area contributed by atoms with Crippen molar-refractivity contribution in [3.8, 4) is 0 Å². The molecule has 0 saturated carbocycles. The van der Waals surface area contributed by atoms with E-state index in [2.05, 4.69) is 20.9 Å². The van der Waals surface area contributed by atoms with Gasteiger partial charge in [0.05, 0.1) is 0 Å².